The summed E-state index contributed by atoms with van der Waals surface area (Å²) in [5.41, 5.74) is 3.44. The SMILES string of the molecule is Cc1ccc(CNC(=S)N2CCN(S(=O)(=O)c3ccc(C)cc3)CC2)cc1. The lowest BCUT2D eigenvalue weighted by Crippen LogP contribution is -2.52. The second-order valence-electron chi connectivity index (χ2n) is 6.85. The first-order valence-electron chi connectivity index (χ1n) is 9.01. The Morgan fingerprint density at radius 1 is 0.926 bits per heavy atom. The van der Waals surface area contributed by atoms with E-state index in [1.54, 1.807) is 12.1 Å². The zero-order chi connectivity index (χ0) is 19.4. The van der Waals surface area contributed by atoms with Crippen LogP contribution in [0.15, 0.2) is 53.4 Å². The topological polar surface area (TPSA) is 52.6 Å². The van der Waals surface area contributed by atoms with Crippen LogP contribution in [0.2, 0.25) is 0 Å². The first-order chi connectivity index (χ1) is 12.9. The van der Waals surface area contributed by atoms with E-state index in [1.807, 2.05) is 24.0 Å². The van der Waals surface area contributed by atoms with Crippen LogP contribution in [0, 0.1) is 13.8 Å². The molecule has 0 unspecified atom stereocenters. The van der Waals surface area contributed by atoms with Gasteiger partial charge in [0, 0.05) is 32.7 Å². The van der Waals surface area contributed by atoms with Crippen molar-refractivity contribution >= 4 is 27.4 Å². The number of rotatable bonds is 4. The monoisotopic (exact) mass is 403 g/mol. The molecule has 0 radical (unpaired) electrons. The molecule has 3 rings (SSSR count). The highest BCUT2D eigenvalue weighted by atomic mass is 32.2. The van der Waals surface area contributed by atoms with Crippen molar-refractivity contribution in [3.8, 4) is 0 Å². The molecule has 2 aromatic rings. The molecule has 0 aromatic heterocycles. The van der Waals surface area contributed by atoms with Gasteiger partial charge < -0.3 is 10.2 Å². The van der Waals surface area contributed by atoms with E-state index in [0.717, 1.165) is 5.56 Å². The van der Waals surface area contributed by atoms with Crippen LogP contribution in [-0.2, 0) is 16.6 Å². The van der Waals surface area contributed by atoms with Crippen molar-refractivity contribution in [3.05, 3.63) is 65.2 Å². The zero-order valence-corrected chi connectivity index (χ0v) is 17.3. The molecule has 1 N–H and O–H groups in total. The fraction of sp³-hybridized carbons (Fsp3) is 0.350. The Morgan fingerprint density at radius 2 is 1.44 bits per heavy atom. The van der Waals surface area contributed by atoms with E-state index in [-0.39, 0.29) is 0 Å². The van der Waals surface area contributed by atoms with Gasteiger partial charge in [0.1, 0.15) is 0 Å². The van der Waals surface area contributed by atoms with Gasteiger partial charge in [-0.15, -0.1) is 0 Å². The average Bonchev–Trinajstić information content (AvgIpc) is 2.68. The molecule has 27 heavy (non-hydrogen) atoms. The van der Waals surface area contributed by atoms with E-state index >= 15 is 0 Å². The third-order valence-electron chi connectivity index (χ3n) is 4.75. The highest BCUT2D eigenvalue weighted by Crippen LogP contribution is 2.18. The van der Waals surface area contributed by atoms with Crippen LogP contribution >= 0.6 is 12.2 Å². The second-order valence-corrected chi connectivity index (χ2v) is 9.17. The summed E-state index contributed by atoms with van der Waals surface area (Å²) >= 11 is 5.49. The Hall–Kier alpha value is -1.96. The fourth-order valence-electron chi connectivity index (χ4n) is 2.99. The summed E-state index contributed by atoms with van der Waals surface area (Å²) in [6.07, 6.45) is 0. The van der Waals surface area contributed by atoms with Gasteiger partial charge in [-0.2, -0.15) is 4.31 Å². The van der Waals surface area contributed by atoms with Crippen LogP contribution < -0.4 is 5.32 Å². The predicted molar refractivity (Wildman–Crippen MR) is 112 cm³/mol. The van der Waals surface area contributed by atoms with Gasteiger partial charge in [0.05, 0.1) is 4.90 Å². The lowest BCUT2D eigenvalue weighted by Gasteiger charge is -2.35. The van der Waals surface area contributed by atoms with Crippen LogP contribution in [-0.4, -0.2) is 48.9 Å². The third kappa shape index (κ3) is 4.86. The molecule has 7 heteroatoms. The van der Waals surface area contributed by atoms with Crippen LogP contribution in [0.25, 0.3) is 0 Å². The summed E-state index contributed by atoms with van der Waals surface area (Å²) in [4.78, 5) is 2.38. The molecule has 1 saturated heterocycles. The number of benzene rings is 2. The van der Waals surface area contributed by atoms with Crippen LogP contribution in [0.4, 0.5) is 0 Å². The molecule has 144 valence electrons. The lowest BCUT2D eigenvalue weighted by molar-refractivity contribution is 0.264. The van der Waals surface area contributed by atoms with Gasteiger partial charge in [0.15, 0.2) is 5.11 Å². The number of sulfonamides is 1. The maximum absolute atomic E-state index is 12.8. The van der Waals surface area contributed by atoms with Crippen molar-refractivity contribution in [1.82, 2.24) is 14.5 Å². The fourth-order valence-corrected chi connectivity index (χ4v) is 4.66. The molecule has 1 aliphatic rings. The Balaban J connectivity index is 1.54. The summed E-state index contributed by atoms with van der Waals surface area (Å²) in [5, 5.41) is 3.94. The molecule has 0 aliphatic carbocycles. The van der Waals surface area contributed by atoms with Crippen molar-refractivity contribution in [3.63, 3.8) is 0 Å². The van der Waals surface area contributed by atoms with Crippen molar-refractivity contribution in [2.75, 3.05) is 26.2 Å². The predicted octanol–water partition coefficient (Wildman–Crippen LogP) is 2.68. The first-order valence-corrected chi connectivity index (χ1v) is 10.9. The number of nitrogens with zero attached hydrogens (tertiary/aromatic N) is 2. The quantitative estimate of drug-likeness (QED) is 0.796. The van der Waals surface area contributed by atoms with Gasteiger partial charge in [-0.3, -0.25) is 0 Å². The van der Waals surface area contributed by atoms with E-state index < -0.39 is 10.0 Å². The molecule has 1 heterocycles. The maximum Gasteiger partial charge on any atom is 0.243 e. The van der Waals surface area contributed by atoms with Crippen LogP contribution in [0.1, 0.15) is 16.7 Å². The summed E-state index contributed by atoms with van der Waals surface area (Å²) in [6, 6.07) is 15.3. The average molecular weight is 404 g/mol. The Morgan fingerprint density at radius 3 is 2.00 bits per heavy atom. The number of nitrogens with one attached hydrogen (secondary N) is 1. The minimum absolute atomic E-state index is 0.349. The highest BCUT2D eigenvalue weighted by Gasteiger charge is 2.29. The molecule has 5 nitrogen and oxygen atoms in total. The van der Waals surface area contributed by atoms with Gasteiger partial charge in [0.2, 0.25) is 10.0 Å². The number of aryl methyl sites for hydroxylation is 2. The normalized spacial score (nSPS) is 15.6. The minimum atomic E-state index is -3.44. The van der Waals surface area contributed by atoms with Gasteiger partial charge in [0.25, 0.3) is 0 Å². The molecule has 0 spiro atoms. The summed E-state index contributed by atoms with van der Waals surface area (Å²) < 4.78 is 27.1. The van der Waals surface area contributed by atoms with Crippen molar-refractivity contribution in [1.29, 1.82) is 0 Å². The van der Waals surface area contributed by atoms with E-state index in [9.17, 15) is 8.42 Å². The molecule has 1 aliphatic heterocycles. The second kappa shape index (κ2) is 8.37. The van der Waals surface area contributed by atoms with E-state index in [2.05, 4.69) is 36.5 Å². The number of piperazine rings is 1. The van der Waals surface area contributed by atoms with E-state index in [0.29, 0.717) is 42.7 Å². The number of hydrogen-bond donors (Lipinski definition) is 1. The minimum Gasteiger partial charge on any atom is -0.358 e. The van der Waals surface area contributed by atoms with Crippen LogP contribution in [0.5, 0.6) is 0 Å². The lowest BCUT2D eigenvalue weighted by atomic mass is 10.1. The standard InChI is InChI=1S/C20H25N3O2S2/c1-16-3-7-18(8-4-16)15-21-20(26)22-11-13-23(14-12-22)27(24,25)19-9-5-17(2)6-10-19/h3-10H,11-15H2,1-2H3,(H,21,26). The highest BCUT2D eigenvalue weighted by molar-refractivity contribution is 7.89. The number of thiocarbonyl (C=S) groups is 1. The third-order valence-corrected chi connectivity index (χ3v) is 7.06. The Kier molecular flexibility index (Phi) is 6.14. The Labute approximate surface area is 167 Å². The van der Waals surface area contributed by atoms with Gasteiger partial charge in [-0.1, -0.05) is 47.5 Å². The summed E-state index contributed by atoms with van der Waals surface area (Å²) in [5.74, 6) is 0. The summed E-state index contributed by atoms with van der Waals surface area (Å²) in [7, 11) is -3.44. The van der Waals surface area contributed by atoms with Gasteiger partial charge in [-0.25, -0.2) is 8.42 Å². The van der Waals surface area contributed by atoms with Crippen molar-refractivity contribution in [2.24, 2.45) is 0 Å². The summed E-state index contributed by atoms with van der Waals surface area (Å²) in [6.45, 7) is 6.72. The maximum atomic E-state index is 12.8. The Bertz CT molecular complexity index is 886. The van der Waals surface area contributed by atoms with Gasteiger partial charge in [-0.05, 0) is 43.8 Å². The van der Waals surface area contributed by atoms with E-state index in [4.69, 9.17) is 12.2 Å². The van der Waals surface area contributed by atoms with E-state index in [1.165, 1.54) is 15.4 Å². The smallest absolute Gasteiger partial charge is 0.243 e. The molecule has 0 atom stereocenters. The molecule has 2 aromatic carbocycles. The van der Waals surface area contributed by atoms with Crippen molar-refractivity contribution in [2.45, 2.75) is 25.3 Å². The number of hydrogen-bond acceptors (Lipinski definition) is 3. The molecule has 0 amide bonds. The van der Waals surface area contributed by atoms with Gasteiger partial charge >= 0.3 is 0 Å². The molecule has 0 bridgehead atoms. The van der Waals surface area contributed by atoms with Crippen LogP contribution in [0.3, 0.4) is 0 Å². The molecular weight excluding hydrogens is 378 g/mol. The molecule has 1 fully saturated rings. The zero-order valence-electron chi connectivity index (χ0n) is 15.7. The first kappa shape index (κ1) is 19.8. The largest absolute Gasteiger partial charge is 0.358 e. The van der Waals surface area contributed by atoms with Crippen molar-refractivity contribution < 1.29 is 8.42 Å². The molecular formula is C20H25N3O2S2. The molecule has 0 saturated carbocycles.